The van der Waals surface area contributed by atoms with E-state index in [4.69, 9.17) is 26.8 Å². The van der Waals surface area contributed by atoms with Crippen molar-refractivity contribution in [1.29, 1.82) is 0 Å². The molecule has 0 radical (unpaired) electrons. The zero-order valence-electron chi connectivity index (χ0n) is 11.5. The summed E-state index contributed by atoms with van der Waals surface area (Å²) < 4.78 is 10.9. The summed E-state index contributed by atoms with van der Waals surface area (Å²) in [4.78, 5) is 0. The van der Waals surface area contributed by atoms with Crippen LogP contribution in [0.1, 0.15) is 34.9 Å². The molecular formula is C17H16ClNO2. The third kappa shape index (κ3) is 2.00. The highest BCUT2D eigenvalue weighted by molar-refractivity contribution is 6.31. The number of ether oxygens (including phenoxy) is 2. The molecule has 0 amide bonds. The van der Waals surface area contributed by atoms with Crippen LogP contribution in [0, 0.1) is 0 Å². The zero-order valence-corrected chi connectivity index (χ0v) is 12.3. The van der Waals surface area contributed by atoms with Crippen LogP contribution in [0.2, 0.25) is 5.02 Å². The number of fused-ring (bicyclic) bond motifs is 2. The van der Waals surface area contributed by atoms with E-state index in [1.54, 1.807) is 0 Å². The first-order valence-electron chi connectivity index (χ1n) is 7.16. The average molecular weight is 302 g/mol. The van der Waals surface area contributed by atoms with Crippen molar-refractivity contribution < 1.29 is 9.47 Å². The highest BCUT2D eigenvalue weighted by Crippen LogP contribution is 2.49. The van der Waals surface area contributed by atoms with Crippen LogP contribution < -0.4 is 15.2 Å². The first-order valence-corrected chi connectivity index (χ1v) is 7.53. The lowest BCUT2D eigenvalue weighted by Gasteiger charge is -2.15. The van der Waals surface area contributed by atoms with E-state index in [0.29, 0.717) is 12.5 Å². The predicted molar refractivity (Wildman–Crippen MR) is 82.3 cm³/mol. The molecule has 2 aromatic carbocycles. The van der Waals surface area contributed by atoms with Gasteiger partial charge in [0.25, 0.3) is 0 Å². The molecule has 0 bridgehead atoms. The molecule has 3 nitrogen and oxygen atoms in total. The Bertz CT molecular complexity index is 701. The molecule has 2 N–H and O–H groups in total. The fraction of sp³-hybridized carbons (Fsp3) is 0.294. The van der Waals surface area contributed by atoms with Crippen LogP contribution >= 0.6 is 11.6 Å². The second-order valence-corrected chi connectivity index (χ2v) is 5.98. The van der Waals surface area contributed by atoms with Crippen LogP contribution in [0.5, 0.6) is 11.5 Å². The monoisotopic (exact) mass is 301 g/mol. The van der Waals surface area contributed by atoms with Crippen LogP contribution in [-0.4, -0.2) is 13.3 Å². The SMILES string of the molecule is NC[C@@H]1C[C@H](c2cc3c(cc2Cl)OCO3)c2ccccc21. The van der Waals surface area contributed by atoms with Crippen molar-refractivity contribution in [2.24, 2.45) is 5.73 Å². The molecule has 1 aliphatic carbocycles. The Morgan fingerprint density at radius 1 is 1.05 bits per heavy atom. The molecule has 0 aromatic heterocycles. The lowest BCUT2D eigenvalue weighted by molar-refractivity contribution is 0.174. The van der Waals surface area contributed by atoms with E-state index in [9.17, 15) is 0 Å². The number of halogens is 1. The van der Waals surface area contributed by atoms with Crippen molar-refractivity contribution in [3.8, 4) is 11.5 Å². The van der Waals surface area contributed by atoms with Crippen LogP contribution in [0.3, 0.4) is 0 Å². The molecule has 21 heavy (non-hydrogen) atoms. The lowest BCUT2D eigenvalue weighted by atomic mass is 9.92. The molecule has 1 aliphatic heterocycles. The molecule has 108 valence electrons. The normalized spacial score (nSPS) is 22.4. The third-order valence-corrected chi connectivity index (χ3v) is 4.81. The maximum absolute atomic E-state index is 6.48. The first kappa shape index (κ1) is 13.0. The van der Waals surface area contributed by atoms with Gasteiger partial charge in [-0.1, -0.05) is 35.9 Å². The fourth-order valence-corrected chi connectivity index (χ4v) is 3.74. The topological polar surface area (TPSA) is 44.5 Å². The molecule has 2 aromatic rings. The van der Waals surface area contributed by atoms with Crippen LogP contribution in [0.4, 0.5) is 0 Å². The van der Waals surface area contributed by atoms with Crippen LogP contribution in [0.25, 0.3) is 0 Å². The van der Waals surface area contributed by atoms with Gasteiger partial charge in [-0.2, -0.15) is 0 Å². The van der Waals surface area contributed by atoms with E-state index in [2.05, 4.69) is 24.3 Å². The minimum Gasteiger partial charge on any atom is -0.454 e. The summed E-state index contributed by atoms with van der Waals surface area (Å²) in [6, 6.07) is 12.4. The van der Waals surface area contributed by atoms with Gasteiger partial charge in [-0.15, -0.1) is 0 Å². The number of hydrogen-bond donors (Lipinski definition) is 1. The summed E-state index contributed by atoms with van der Waals surface area (Å²) in [7, 11) is 0. The van der Waals surface area contributed by atoms with Gasteiger partial charge in [0.05, 0.1) is 0 Å². The summed E-state index contributed by atoms with van der Waals surface area (Å²) in [5.41, 5.74) is 9.71. The highest BCUT2D eigenvalue weighted by atomic mass is 35.5. The molecule has 0 fully saturated rings. The highest BCUT2D eigenvalue weighted by Gasteiger charge is 2.33. The van der Waals surface area contributed by atoms with Gasteiger partial charge in [0, 0.05) is 17.0 Å². The Balaban J connectivity index is 1.81. The minimum absolute atomic E-state index is 0.266. The quantitative estimate of drug-likeness (QED) is 0.921. The van der Waals surface area contributed by atoms with Gasteiger partial charge in [0.15, 0.2) is 11.5 Å². The summed E-state index contributed by atoms with van der Waals surface area (Å²) in [5.74, 6) is 2.18. The van der Waals surface area contributed by atoms with Gasteiger partial charge in [0.1, 0.15) is 0 Å². The van der Waals surface area contributed by atoms with Crippen molar-refractivity contribution in [2.75, 3.05) is 13.3 Å². The van der Waals surface area contributed by atoms with Crippen molar-refractivity contribution in [3.05, 3.63) is 58.1 Å². The van der Waals surface area contributed by atoms with E-state index >= 15 is 0 Å². The van der Waals surface area contributed by atoms with E-state index in [1.165, 1.54) is 11.1 Å². The Kier molecular flexibility index (Phi) is 3.05. The first-order chi connectivity index (χ1) is 10.3. The maximum atomic E-state index is 6.48. The molecular weight excluding hydrogens is 286 g/mol. The van der Waals surface area contributed by atoms with Gasteiger partial charge in [-0.05, 0) is 41.6 Å². The standard InChI is InChI=1S/C17H16ClNO2/c18-15-7-17-16(20-9-21-17)6-14(15)13-5-10(8-19)11-3-1-2-4-12(11)13/h1-4,6-7,10,13H,5,8-9,19H2/t10-,13-/m0/s1. The predicted octanol–water partition coefficient (Wildman–Crippen LogP) is 3.65. The largest absolute Gasteiger partial charge is 0.454 e. The second kappa shape index (κ2) is 4.93. The van der Waals surface area contributed by atoms with E-state index in [-0.39, 0.29) is 12.7 Å². The Labute approximate surface area is 128 Å². The van der Waals surface area contributed by atoms with Crippen molar-refractivity contribution in [2.45, 2.75) is 18.3 Å². The number of hydrogen-bond acceptors (Lipinski definition) is 3. The van der Waals surface area contributed by atoms with E-state index in [1.807, 2.05) is 12.1 Å². The van der Waals surface area contributed by atoms with Crippen molar-refractivity contribution in [1.82, 2.24) is 0 Å². The number of rotatable bonds is 2. The molecule has 2 atom stereocenters. The summed E-state index contributed by atoms with van der Waals surface area (Å²) in [6.07, 6.45) is 0.995. The zero-order chi connectivity index (χ0) is 14.4. The van der Waals surface area contributed by atoms with E-state index < -0.39 is 0 Å². The molecule has 4 heteroatoms. The molecule has 0 saturated carbocycles. The van der Waals surface area contributed by atoms with Crippen molar-refractivity contribution >= 4 is 11.6 Å². The minimum atomic E-state index is 0.266. The van der Waals surface area contributed by atoms with Gasteiger partial charge >= 0.3 is 0 Å². The van der Waals surface area contributed by atoms with Gasteiger partial charge in [-0.25, -0.2) is 0 Å². The lowest BCUT2D eigenvalue weighted by Crippen LogP contribution is -2.09. The molecule has 0 unspecified atom stereocenters. The van der Waals surface area contributed by atoms with Gasteiger partial charge in [-0.3, -0.25) is 0 Å². The number of nitrogens with two attached hydrogens (primary N) is 1. The Morgan fingerprint density at radius 3 is 2.52 bits per heavy atom. The molecule has 0 saturated heterocycles. The van der Waals surface area contributed by atoms with E-state index in [0.717, 1.165) is 28.5 Å². The second-order valence-electron chi connectivity index (χ2n) is 5.58. The summed E-state index contributed by atoms with van der Waals surface area (Å²) in [5, 5.41) is 0.733. The smallest absolute Gasteiger partial charge is 0.231 e. The molecule has 2 aliphatic rings. The molecule has 0 spiro atoms. The molecule has 4 rings (SSSR count). The van der Waals surface area contributed by atoms with Crippen LogP contribution in [0.15, 0.2) is 36.4 Å². The summed E-state index contributed by atoms with van der Waals surface area (Å²) in [6.45, 7) is 0.928. The van der Waals surface area contributed by atoms with Gasteiger partial charge in [0.2, 0.25) is 6.79 Å². The Morgan fingerprint density at radius 2 is 1.76 bits per heavy atom. The third-order valence-electron chi connectivity index (χ3n) is 4.48. The summed E-state index contributed by atoms with van der Waals surface area (Å²) >= 11 is 6.48. The van der Waals surface area contributed by atoms with Crippen LogP contribution in [-0.2, 0) is 0 Å². The maximum Gasteiger partial charge on any atom is 0.231 e. The average Bonchev–Trinajstić information content (AvgIpc) is 3.09. The Hall–Kier alpha value is -1.71. The van der Waals surface area contributed by atoms with Gasteiger partial charge < -0.3 is 15.2 Å². The molecule has 1 heterocycles. The fourth-order valence-electron chi connectivity index (χ4n) is 3.46. The van der Waals surface area contributed by atoms with Crippen molar-refractivity contribution in [3.63, 3.8) is 0 Å². The number of benzene rings is 2.